The standard InChI is InChI=1S/C15H25N3O2/c1-6-20-14(19)11-7-13(18-9-12(11)16)17-8-10(2)15(3,4)5/h7,9-10H,6,8,16H2,1-5H3,(H,17,18). The van der Waals surface area contributed by atoms with Crippen LogP contribution in [0, 0.1) is 11.3 Å². The summed E-state index contributed by atoms with van der Waals surface area (Å²) in [6.07, 6.45) is 1.48. The van der Waals surface area contributed by atoms with Crippen molar-refractivity contribution in [3.05, 3.63) is 17.8 Å². The number of rotatable bonds is 5. The van der Waals surface area contributed by atoms with Crippen LogP contribution in [0.1, 0.15) is 45.0 Å². The Morgan fingerprint density at radius 1 is 1.50 bits per heavy atom. The normalized spacial score (nSPS) is 12.8. The van der Waals surface area contributed by atoms with Gasteiger partial charge in [0.1, 0.15) is 5.82 Å². The van der Waals surface area contributed by atoms with Crippen molar-refractivity contribution in [2.45, 2.75) is 34.6 Å². The fourth-order valence-corrected chi connectivity index (χ4v) is 1.51. The van der Waals surface area contributed by atoms with Gasteiger partial charge in [-0.1, -0.05) is 27.7 Å². The summed E-state index contributed by atoms with van der Waals surface area (Å²) in [5.41, 5.74) is 6.65. The number of anilines is 2. The molecule has 0 aliphatic carbocycles. The van der Waals surface area contributed by atoms with Crippen LogP contribution in [-0.4, -0.2) is 24.1 Å². The molecule has 3 N–H and O–H groups in total. The molecule has 0 aliphatic heterocycles. The molecule has 5 nitrogen and oxygen atoms in total. The molecule has 0 bridgehead atoms. The van der Waals surface area contributed by atoms with Crippen LogP contribution in [0.2, 0.25) is 0 Å². The highest BCUT2D eigenvalue weighted by Gasteiger charge is 2.20. The van der Waals surface area contributed by atoms with Crippen molar-refractivity contribution in [3.8, 4) is 0 Å². The monoisotopic (exact) mass is 279 g/mol. The fourth-order valence-electron chi connectivity index (χ4n) is 1.51. The first-order valence-corrected chi connectivity index (χ1v) is 6.92. The molecule has 1 rings (SSSR count). The molecule has 0 amide bonds. The SMILES string of the molecule is CCOC(=O)c1cc(NCC(C)C(C)(C)C)ncc1N. The van der Waals surface area contributed by atoms with Gasteiger partial charge in [0.15, 0.2) is 0 Å². The summed E-state index contributed by atoms with van der Waals surface area (Å²) in [6.45, 7) is 11.6. The Labute approximate surface area is 120 Å². The summed E-state index contributed by atoms with van der Waals surface area (Å²) in [4.78, 5) is 15.9. The summed E-state index contributed by atoms with van der Waals surface area (Å²) in [5.74, 6) is 0.686. The van der Waals surface area contributed by atoms with Gasteiger partial charge < -0.3 is 15.8 Å². The van der Waals surface area contributed by atoms with Gasteiger partial charge in [0.2, 0.25) is 0 Å². The maximum absolute atomic E-state index is 11.8. The van der Waals surface area contributed by atoms with Gasteiger partial charge in [-0.2, -0.15) is 0 Å². The first-order valence-electron chi connectivity index (χ1n) is 6.92. The van der Waals surface area contributed by atoms with Gasteiger partial charge in [-0.3, -0.25) is 0 Å². The molecule has 1 atom stereocenters. The highest BCUT2D eigenvalue weighted by atomic mass is 16.5. The van der Waals surface area contributed by atoms with E-state index in [1.54, 1.807) is 13.0 Å². The van der Waals surface area contributed by atoms with Gasteiger partial charge in [-0.15, -0.1) is 0 Å². The number of ether oxygens (including phenoxy) is 1. The van der Waals surface area contributed by atoms with Gasteiger partial charge in [0.05, 0.1) is 24.1 Å². The van der Waals surface area contributed by atoms with Crippen molar-refractivity contribution >= 4 is 17.5 Å². The zero-order valence-electron chi connectivity index (χ0n) is 13.0. The van der Waals surface area contributed by atoms with Crippen molar-refractivity contribution in [1.82, 2.24) is 4.98 Å². The minimum atomic E-state index is -0.417. The zero-order valence-corrected chi connectivity index (χ0v) is 13.0. The average Bonchev–Trinajstić information content (AvgIpc) is 2.36. The molecule has 0 aliphatic rings. The lowest BCUT2D eigenvalue weighted by atomic mass is 9.82. The summed E-state index contributed by atoms with van der Waals surface area (Å²) in [5, 5.41) is 3.24. The minimum absolute atomic E-state index is 0.213. The van der Waals surface area contributed by atoms with E-state index >= 15 is 0 Å². The smallest absolute Gasteiger partial charge is 0.340 e. The molecule has 0 spiro atoms. The van der Waals surface area contributed by atoms with Crippen LogP contribution in [-0.2, 0) is 4.74 Å². The number of carbonyl (C=O) groups excluding carboxylic acids is 1. The lowest BCUT2D eigenvalue weighted by Crippen LogP contribution is -2.25. The number of hydrogen-bond donors (Lipinski definition) is 2. The van der Waals surface area contributed by atoms with E-state index in [0.29, 0.717) is 29.6 Å². The molecule has 1 unspecified atom stereocenters. The van der Waals surface area contributed by atoms with Gasteiger partial charge in [0.25, 0.3) is 0 Å². The van der Waals surface area contributed by atoms with E-state index in [0.717, 1.165) is 6.54 Å². The summed E-state index contributed by atoms with van der Waals surface area (Å²) in [6, 6.07) is 1.64. The van der Waals surface area contributed by atoms with Crippen molar-refractivity contribution < 1.29 is 9.53 Å². The van der Waals surface area contributed by atoms with E-state index in [9.17, 15) is 4.79 Å². The first-order chi connectivity index (χ1) is 9.25. The Morgan fingerprint density at radius 2 is 2.15 bits per heavy atom. The maximum atomic E-state index is 11.8. The molecule has 1 aromatic rings. The molecule has 0 aromatic carbocycles. The molecule has 5 heteroatoms. The van der Waals surface area contributed by atoms with Crippen LogP contribution in [0.25, 0.3) is 0 Å². The van der Waals surface area contributed by atoms with Crippen LogP contribution >= 0.6 is 0 Å². The molecule has 112 valence electrons. The van der Waals surface area contributed by atoms with E-state index in [2.05, 4.69) is 38.0 Å². The molecule has 20 heavy (non-hydrogen) atoms. The first kappa shape index (κ1) is 16.3. The number of nitrogens with one attached hydrogen (secondary N) is 1. The van der Waals surface area contributed by atoms with Gasteiger partial charge in [-0.05, 0) is 24.3 Å². The Morgan fingerprint density at radius 3 is 2.70 bits per heavy atom. The number of aromatic nitrogens is 1. The summed E-state index contributed by atoms with van der Waals surface area (Å²) in [7, 11) is 0. The highest BCUT2D eigenvalue weighted by molar-refractivity contribution is 5.95. The van der Waals surface area contributed by atoms with Crippen molar-refractivity contribution in [2.75, 3.05) is 24.2 Å². The van der Waals surface area contributed by atoms with E-state index in [1.165, 1.54) is 6.20 Å². The van der Waals surface area contributed by atoms with Crippen LogP contribution in [0.15, 0.2) is 12.3 Å². The Kier molecular flexibility index (Phi) is 5.36. The summed E-state index contributed by atoms with van der Waals surface area (Å²) >= 11 is 0. The van der Waals surface area contributed by atoms with E-state index in [-0.39, 0.29) is 5.41 Å². The Bertz CT molecular complexity index is 467. The highest BCUT2D eigenvalue weighted by Crippen LogP contribution is 2.25. The third-order valence-corrected chi connectivity index (χ3v) is 3.50. The van der Waals surface area contributed by atoms with Crippen LogP contribution < -0.4 is 11.1 Å². The molecule has 0 fully saturated rings. The molecular formula is C15H25N3O2. The van der Waals surface area contributed by atoms with Crippen LogP contribution in [0.5, 0.6) is 0 Å². The fraction of sp³-hybridized carbons (Fsp3) is 0.600. The topological polar surface area (TPSA) is 77.2 Å². The van der Waals surface area contributed by atoms with Gasteiger partial charge in [-0.25, -0.2) is 9.78 Å². The van der Waals surface area contributed by atoms with Crippen LogP contribution in [0.4, 0.5) is 11.5 Å². The molecule has 0 saturated carbocycles. The van der Waals surface area contributed by atoms with E-state index in [1.807, 2.05) is 0 Å². The van der Waals surface area contributed by atoms with Crippen molar-refractivity contribution in [1.29, 1.82) is 0 Å². The third kappa shape index (κ3) is 4.40. The van der Waals surface area contributed by atoms with Gasteiger partial charge in [0, 0.05) is 6.54 Å². The second-order valence-electron chi connectivity index (χ2n) is 6.03. The number of nitrogens with two attached hydrogens (primary N) is 1. The Balaban J connectivity index is 2.78. The number of nitrogens with zero attached hydrogens (tertiary/aromatic N) is 1. The maximum Gasteiger partial charge on any atom is 0.340 e. The second-order valence-corrected chi connectivity index (χ2v) is 6.03. The van der Waals surface area contributed by atoms with E-state index < -0.39 is 5.97 Å². The Hall–Kier alpha value is -1.78. The van der Waals surface area contributed by atoms with E-state index in [4.69, 9.17) is 10.5 Å². The third-order valence-electron chi connectivity index (χ3n) is 3.50. The molecule has 1 heterocycles. The number of esters is 1. The van der Waals surface area contributed by atoms with Crippen LogP contribution in [0.3, 0.4) is 0 Å². The molecule has 0 saturated heterocycles. The predicted molar refractivity (Wildman–Crippen MR) is 81.7 cm³/mol. The van der Waals surface area contributed by atoms with Gasteiger partial charge >= 0.3 is 5.97 Å². The number of pyridine rings is 1. The molecule has 0 radical (unpaired) electrons. The average molecular weight is 279 g/mol. The van der Waals surface area contributed by atoms with Crippen molar-refractivity contribution in [3.63, 3.8) is 0 Å². The number of nitrogen functional groups attached to an aromatic ring is 1. The quantitative estimate of drug-likeness (QED) is 0.810. The lowest BCUT2D eigenvalue weighted by Gasteiger charge is -2.27. The zero-order chi connectivity index (χ0) is 15.3. The number of carbonyl (C=O) groups is 1. The molecule has 1 aromatic heterocycles. The molecular weight excluding hydrogens is 254 g/mol. The lowest BCUT2D eigenvalue weighted by molar-refractivity contribution is 0.0527. The second kappa shape index (κ2) is 6.59. The van der Waals surface area contributed by atoms with Crippen molar-refractivity contribution in [2.24, 2.45) is 11.3 Å². The minimum Gasteiger partial charge on any atom is -0.462 e. The number of hydrogen-bond acceptors (Lipinski definition) is 5. The predicted octanol–water partition coefficient (Wildman–Crippen LogP) is 2.93. The largest absolute Gasteiger partial charge is 0.462 e. The summed E-state index contributed by atoms with van der Waals surface area (Å²) < 4.78 is 4.97.